The van der Waals surface area contributed by atoms with Crippen molar-refractivity contribution in [2.24, 2.45) is 5.73 Å². The molecule has 3 aromatic carbocycles. The van der Waals surface area contributed by atoms with Crippen LogP contribution in [-0.4, -0.2) is 25.5 Å². The van der Waals surface area contributed by atoms with Gasteiger partial charge in [-0.15, -0.1) is 0 Å². The molecule has 5 N–H and O–H groups in total. The molecule has 4 rings (SSSR count). The van der Waals surface area contributed by atoms with Crippen LogP contribution in [0.15, 0.2) is 71.6 Å². The molecule has 8 nitrogen and oxygen atoms in total. The summed E-state index contributed by atoms with van der Waals surface area (Å²) in [5, 5.41) is 13.4. The third-order valence-corrected chi connectivity index (χ3v) is 7.08. The van der Waals surface area contributed by atoms with Crippen LogP contribution in [0.25, 0.3) is 0 Å². The first-order chi connectivity index (χ1) is 17.1. The molecule has 0 saturated heterocycles. The summed E-state index contributed by atoms with van der Waals surface area (Å²) < 4.78 is 35.5. The van der Waals surface area contributed by atoms with Crippen LogP contribution in [0.2, 0.25) is 0 Å². The number of aromatic hydroxyl groups is 1. The maximum Gasteiger partial charge on any atom is 0.263 e. The lowest BCUT2D eigenvalue weighted by atomic mass is 10.1. The van der Waals surface area contributed by atoms with Gasteiger partial charge in [0.1, 0.15) is 16.4 Å². The highest BCUT2D eigenvalue weighted by Gasteiger charge is 2.24. The zero-order valence-corrected chi connectivity index (χ0v) is 20.9. The van der Waals surface area contributed by atoms with Gasteiger partial charge in [0.05, 0.1) is 17.4 Å². The van der Waals surface area contributed by atoms with E-state index in [9.17, 15) is 18.3 Å². The van der Waals surface area contributed by atoms with E-state index in [0.717, 1.165) is 29.2 Å². The van der Waals surface area contributed by atoms with Crippen molar-refractivity contribution in [1.29, 1.82) is 0 Å². The van der Waals surface area contributed by atoms with Crippen molar-refractivity contribution >= 4 is 27.3 Å². The van der Waals surface area contributed by atoms with E-state index in [1.54, 1.807) is 18.2 Å². The molecule has 0 radical (unpaired) electrons. The molecular formula is C27H29N3O5S. The summed E-state index contributed by atoms with van der Waals surface area (Å²) >= 11 is 0. The Morgan fingerprint density at radius 3 is 2.53 bits per heavy atom. The first-order valence-corrected chi connectivity index (χ1v) is 13.1. The van der Waals surface area contributed by atoms with E-state index < -0.39 is 21.7 Å². The maximum absolute atomic E-state index is 13.5. The first-order valence-electron chi connectivity index (χ1n) is 11.6. The number of hydrogen-bond acceptors (Lipinski definition) is 6. The Labute approximate surface area is 210 Å². The summed E-state index contributed by atoms with van der Waals surface area (Å²) in [4.78, 5) is 11.6. The van der Waals surface area contributed by atoms with Crippen molar-refractivity contribution in [3.05, 3.63) is 89.0 Å². The Bertz CT molecular complexity index is 1430. The van der Waals surface area contributed by atoms with Crippen LogP contribution in [0.5, 0.6) is 11.5 Å². The number of benzene rings is 3. The summed E-state index contributed by atoms with van der Waals surface area (Å²) in [5.41, 5.74) is 8.42. The number of rotatable bonds is 3. The summed E-state index contributed by atoms with van der Waals surface area (Å²) in [6.07, 6.45) is 5.35. The zero-order valence-electron chi connectivity index (χ0n) is 20.1. The number of primary amides is 1. The van der Waals surface area contributed by atoms with Crippen LogP contribution >= 0.6 is 0 Å². The van der Waals surface area contributed by atoms with Crippen molar-refractivity contribution < 1.29 is 23.1 Å². The lowest BCUT2D eigenvalue weighted by molar-refractivity contribution is 0.0997. The Hall–Kier alpha value is -3.98. The second kappa shape index (κ2) is 10.3. The van der Waals surface area contributed by atoms with Gasteiger partial charge in [0.2, 0.25) is 0 Å². The van der Waals surface area contributed by atoms with Gasteiger partial charge in [-0.2, -0.15) is 0 Å². The lowest BCUT2D eigenvalue weighted by Crippen LogP contribution is -2.18. The van der Waals surface area contributed by atoms with E-state index in [4.69, 9.17) is 10.5 Å². The molecule has 1 amide bonds. The summed E-state index contributed by atoms with van der Waals surface area (Å²) in [5.74, 6) is -0.673. The average molecular weight is 508 g/mol. The predicted octanol–water partition coefficient (Wildman–Crippen LogP) is 4.35. The zero-order chi connectivity index (χ0) is 25.9. The van der Waals surface area contributed by atoms with E-state index in [1.807, 2.05) is 44.2 Å². The minimum absolute atomic E-state index is 0.0475. The minimum Gasteiger partial charge on any atom is -0.507 e. The number of hydrogen-bond donors (Lipinski definition) is 4. The maximum atomic E-state index is 13.5. The predicted molar refractivity (Wildman–Crippen MR) is 140 cm³/mol. The standard InChI is InChI=1S/C27H29N3O5S/c1-17(2)35-25-11-10-21-13-20(25)9-4-3-6-18-7-5-8-19(12-18)16-29-23-15-24(31)22(27(28)32)14-26(23)36(33,34)30-21/h3-5,7-8,10-15,17,29-31H,6,9,16H2,1-2H3,(H2,28,32)/b4-3+. The highest BCUT2D eigenvalue weighted by molar-refractivity contribution is 7.92. The molecule has 0 atom stereocenters. The average Bonchev–Trinajstić information content (AvgIpc) is 2.81. The second-order valence-corrected chi connectivity index (χ2v) is 10.5. The molecule has 1 aliphatic heterocycles. The summed E-state index contributed by atoms with van der Waals surface area (Å²) in [6.45, 7) is 4.16. The van der Waals surface area contributed by atoms with Crippen LogP contribution in [0, 0.1) is 0 Å². The highest BCUT2D eigenvalue weighted by Crippen LogP contribution is 2.33. The van der Waals surface area contributed by atoms with Gasteiger partial charge in [-0.3, -0.25) is 9.52 Å². The number of carbonyl (C=O) groups is 1. The number of allylic oxidation sites excluding steroid dienone is 2. The number of phenols is 1. The van der Waals surface area contributed by atoms with Gasteiger partial charge in [0.15, 0.2) is 0 Å². The molecule has 0 fully saturated rings. The number of ether oxygens (including phenoxy) is 1. The van der Waals surface area contributed by atoms with Gasteiger partial charge < -0.3 is 20.9 Å². The van der Waals surface area contributed by atoms with Gasteiger partial charge in [0, 0.05) is 18.3 Å². The number of nitrogens with one attached hydrogen (secondary N) is 2. The third kappa shape index (κ3) is 5.80. The van der Waals surface area contributed by atoms with Crippen molar-refractivity contribution in [3.63, 3.8) is 0 Å². The number of anilines is 2. The second-order valence-electron chi connectivity index (χ2n) is 8.88. The third-order valence-electron chi connectivity index (χ3n) is 5.66. The SMILES string of the molecule is CC(C)Oc1ccc2cc1C/C=C/Cc1cccc(c1)CNc1cc(O)c(C(N)=O)cc1S(=O)(=O)N2. The van der Waals surface area contributed by atoms with Gasteiger partial charge in [-0.1, -0.05) is 36.4 Å². The quantitative estimate of drug-likeness (QED) is 0.390. The van der Waals surface area contributed by atoms with Gasteiger partial charge in [-0.05, 0) is 67.6 Å². The Kier molecular flexibility index (Phi) is 7.21. The van der Waals surface area contributed by atoms with E-state index in [-0.39, 0.29) is 22.3 Å². The summed E-state index contributed by atoms with van der Waals surface area (Å²) in [6, 6.07) is 15.3. The molecule has 36 heavy (non-hydrogen) atoms. The van der Waals surface area contributed by atoms with Crippen LogP contribution in [-0.2, 0) is 29.4 Å². The largest absolute Gasteiger partial charge is 0.507 e. The number of amides is 1. The molecule has 0 saturated carbocycles. The lowest BCUT2D eigenvalue weighted by Gasteiger charge is -2.18. The smallest absolute Gasteiger partial charge is 0.263 e. The molecule has 188 valence electrons. The molecule has 0 spiro atoms. The fourth-order valence-corrected chi connectivity index (χ4v) is 5.24. The van der Waals surface area contributed by atoms with Crippen molar-refractivity contribution in [1.82, 2.24) is 0 Å². The van der Waals surface area contributed by atoms with Gasteiger partial charge in [0.25, 0.3) is 15.9 Å². The normalized spacial score (nSPS) is 15.8. The Balaban J connectivity index is 1.85. The van der Waals surface area contributed by atoms with E-state index in [0.29, 0.717) is 24.4 Å². The molecule has 0 aromatic heterocycles. The monoisotopic (exact) mass is 507 g/mol. The molecule has 1 heterocycles. The molecule has 4 bridgehead atoms. The van der Waals surface area contributed by atoms with Crippen molar-refractivity contribution in [2.75, 3.05) is 10.0 Å². The van der Waals surface area contributed by atoms with E-state index in [2.05, 4.69) is 16.1 Å². The van der Waals surface area contributed by atoms with Gasteiger partial charge >= 0.3 is 0 Å². The van der Waals surface area contributed by atoms with Crippen LogP contribution in [0.4, 0.5) is 11.4 Å². The first kappa shape index (κ1) is 25.1. The fourth-order valence-electron chi connectivity index (χ4n) is 4.00. The number of sulfonamides is 1. The highest BCUT2D eigenvalue weighted by atomic mass is 32.2. The van der Waals surface area contributed by atoms with Crippen molar-refractivity contribution in [3.8, 4) is 11.5 Å². The topological polar surface area (TPSA) is 131 Å². The fraction of sp³-hybridized carbons (Fsp3) is 0.222. The van der Waals surface area contributed by atoms with Crippen LogP contribution in [0.1, 0.15) is 40.9 Å². The molecular weight excluding hydrogens is 478 g/mol. The molecule has 0 aliphatic carbocycles. The molecule has 1 aliphatic rings. The summed E-state index contributed by atoms with van der Waals surface area (Å²) in [7, 11) is -4.17. The Morgan fingerprint density at radius 2 is 1.78 bits per heavy atom. The van der Waals surface area contributed by atoms with Crippen LogP contribution in [0.3, 0.4) is 0 Å². The minimum atomic E-state index is -4.17. The van der Waals surface area contributed by atoms with Gasteiger partial charge in [-0.25, -0.2) is 8.42 Å². The number of fused-ring (bicyclic) bond motifs is 5. The van der Waals surface area contributed by atoms with E-state index >= 15 is 0 Å². The molecule has 3 aromatic rings. The van der Waals surface area contributed by atoms with Crippen LogP contribution < -0.4 is 20.5 Å². The molecule has 9 heteroatoms. The number of nitrogens with two attached hydrogens (primary N) is 1. The molecule has 0 unspecified atom stereocenters. The van der Waals surface area contributed by atoms with Crippen molar-refractivity contribution in [2.45, 2.75) is 44.2 Å². The van der Waals surface area contributed by atoms with E-state index in [1.165, 1.54) is 6.07 Å². The Morgan fingerprint density at radius 1 is 1.03 bits per heavy atom. The number of carbonyl (C=O) groups excluding carboxylic acids is 1.